The Bertz CT molecular complexity index is 292. The number of carbonyl (C=O) groups excluding carboxylic acids is 1. The molecule has 0 bridgehead atoms. The Balaban J connectivity index is 4.58. The van der Waals surface area contributed by atoms with Crippen LogP contribution in [0.25, 0.3) is 0 Å². The van der Waals surface area contributed by atoms with Crippen LogP contribution in [0.15, 0.2) is 23.3 Å². The number of carbonyl (C=O) groups is 1. The second kappa shape index (κ2) is 7.04. The number of nitrogens with one attached hydrogen (secondary N) is 1. The minimum atomic E-state index is -0.670. The molecular formula is C9H12N2O2S. The van der Waals surface area contributed by atoms with E-state index in [2.05, 4.69) is 29.3 Å². The largest absolute Gasteiger partial charge is 0.462 e. The summed E-state index contributed by atoms with van der Waals surface area (Å²) in [5, 5.41) is 11.6. The van der Waals surface area contributed by atoms with Crippen LogP contribution in [0.1, 0.15) is 6.92 Å². The predicted molar refractivity (Wildman–Crippen MR) is 56.5 cm³/mol. The first-order valence-electron chi connectivity index (χ1n) is 4.02. The third-order valence-electron chi connectivity index (χ3n) is 1.24. The molecule has 0 radical (unpaired) electrons. The van der Waals surface area contributed by atoms with Gasteiger partial charge in [-0.1, -0.05) is 6.08 Å². The standard InChI is InChI=1S/C9H12N2O2S/c1-3-5-11-8(14)7(6-10)9(12)13-4-2/h3,11,14H,1,4-5H2,2H3/b8-7+. The molecule has 5 heteroatoms. The van der Waals surface area contributed by atoms with Crippen molar-refractivity contribution in [2.45, 2.75) is 6.92 Å². The fourth-order valence-electron chi connectivity index (χ4n) is 0.656. The number of nitrogens with zero attached hydrogens (tertiary/aromatic N) is 1. The molecule has 0 spiro atoms. The Hall–Kier alpha value is -1.41. The normalized spacial score (nSPS) is 10.9. The average molecular weight is 212 g/mol. The van der Waals surface area contributed by atoms with Gasteiger partial charge in [0.15, 0.2) is 5.57 Å². The lowest BCUT2D eigenvalue weighted by Gasteiger charge is -2.05. The van der Waals surface area contributed by atoms with Gasteiger partial charge in [-0.3, -0.25) is 0 Å². The van der Waals surface area contributed by atoms with Gasteiger partial charge in [0.2, 0.25) is 0 Å². The highest BCUT2D eigenvalue weighted by Crippen LogP contribution is 2.06. The van der Waals surface area contributed by atoms with E-state index in [0.717, 1.165) is 0 Å². The van der Waals surface area contributed by atoms with Crippen molar-refractivity contribution in [1.29, 1.82) is 5.26 Å². The number of ether oxygens (including phenoxy) is 1. The van der Waals surface area contributed by atoms with Crippen LogP contribution in [0.3, 0.4) is 0 Å². The minimum absolute atomic E-state index is 0.128. The van der Waals surface area contributed by atoms with Gasteiger partial charge in [-0.15, -0.1) is 19.2 Å². The first-order valence-corrected chi connectivity index (χ1v) is 4.47. The number of thiol groups is 1. The fourth-order valence-corrected chi connectivity index (χ4v) is 0.888. The summed E-state index contributed by atoms with van der Waals surface area (Å²) in [6.07, 6.45) is 1.59. The monoisotopic (exact) mass is 212 g/mol. The number of esters is 1. The van der Waals surface area contributed by atoms with E-state index in [4.69, 9.17) is 5.26 Å². The van der Waals surface area contributed by atoms with E-state index in [0.29, 0.717) is 6.54 Å². The summed E-state index contributed by atoms with van der Waals surface area (Å²) in [4.78, 5) is 11.2. The van der Waals surface area contributed by atoms with E-state index >= 15 is 0 Å². The predicted octanol–water partition coefficient (Wildman–Crippen LogP) is 0.990. The van der Waals surface area contributed by atoms with Crippen LogP contribution in [0.2, 0.25) is 0 Å². The maximum Gasteiger partial charge on any atom is 0.351 e. The molecule has 0 saturated heterocycles. The summed E-state index contributed by atoms with van der Waals surface area (Å²) in [7, 11) is 0. The zero-order valence-electron chi connectivity index (χ0n) is 7.91. The lowest BCUT2D eigenvalue weighted by atomic mass is 10.3. The van der Waals surface area contributed by atoms with E-state index in [9.17, 15) is 4.79 Å². The van der Waals surface area contributed by atoms with Gasteiger partial charge in [0.1, 0.15) is 6.07 Å². The number of rotatable bonds is 5. The van der Waals surface area contributed by atoms with Gasteiger partial charge < -0.3 is 10.1 Å². The summed E-state index contributed by atoms with van der Waals surface area (Å²) < 4.78 is 4.66. The van der Waals surface area contributed by atoms with E-state index < -0.39 is 5.97 Å². The van der Waals surface area contributed by atoms with E-state index in [1.54, 1.807) is 19.1 Å². The van der Waals surface area contributed by atoms with Crippen molar-refractivity contribution in [3.05, 3.63) is 23.3 Å². The average Bonchev–Trinajstić information content (AvgIpc) is 2.16. The maximum atomic E-state index is 11.2. The first kappa shape index (κ1) is 12.6. The molecule has 0 atom stereocenters. The van der Waals surface area contributed by atoms with Crippen LogP contribution < -0.4 is 5.32 Å². The van der Waals surface area contributed by atoms with Gasteiger partial charge in [0.05, 0.1) is 11.6 Å². The SMILES string of the molecule is C=CCN/C(S)=C(/C#N)C(=O)OCC. The lowest BCUT2D eigenvalue weighted by molar-refractivity contribution is -0.138. The molecule has 0 aromatic carbocycles. The molecule has 0 rings (SSSR count). The van der Waals surface area contributed by atoms with Crippen LogP contribution in [0, 0.1) is 11.3 Å². The van der Waals surface area contributed by atoms with Crippen LogP contribution in [-0.4, -0.2) is 19.1 Å². The molecule has 0 aromatic rings. The van der Waals surface area contributed by atoms with Crippen LogP contribution >= 0.6 is 12.6 Å². The molecule has 76 valence electrons. The Morgan fingerprint density at radius 3 is 2.86 bits per heavy atom. The third kappa shape index (κ3) is 4.01. The molecule has 0 unspecified atom stereocenters. The molecule has 0 aliphatic rings. The van der Waals surface area contributed by atoms with Gasteiger partial charge in [-0.2, -0.15) is 5.26 Å². The molecule has 4 nitrogen and oxygen atoms in total. The van der Waals surface area contributed by atoms with Gasteiger partial charge in [-0.25, -0.2) is 4.79 Å². The summed E-state index contributed by atoms with van der Waals surface area (Å²) in [5.74, 6) is -0.670. The highest BCUT2D eigenvalue weighted by Gasteiger charge is 2.13. The van der Waals surface area contributed by atoms with E-state index in [1.807, 2.05) is 0 Å². The Morgan fingerprint density at radius 2 is 2.43 bits per heavy atom. The number of hydrogen-bond donors (Lipinski definition) is 2. The maximum absolute atomic E-state index is 11.2. The highest BCUT2D eigenvalue weighted by molar-refractivity contribution is 7.84. The van der Waals surface area contributed by atoms with Crippen molar-refractivity contribution in [2.75, 3.05) is 13.2 Å². The van der Waals surface area contributed by atoms with Crippen molar-refractivity contribution in [1.82, 2.24) is 5.32 Å². The number of nitriles is 1. The van der Waals surface area contributed by atoms with Crippen LogP contribution in [0.5, 0.6) is 0 Å². The second-order valence-electron chi connectivity index (χ2n) is 2.23. The Kier molecular flexibility index (Phi) is 6.33. The number of hydrogen-bond acceptors (Lipinski definition) is 5. The van der Waals surface area contributed by atoms with Crippen molar-refractivity contribution < 1.29 is 9.53 Å². The van der Waals surface area contributed by atoms with Crippen LogP contribution in [-0.2, 0) is 9.53 Å². The molecule has 0 saturated carbocycles. The molecule has 0 heterocycles. The van der Waals surface area contributed by atoms with E-state index in [1.165, 1.54) is 0 Å². The molecule has 0 aliphatic heterocycles. The summed E-state index contributed by atoms with van der Waals surface area (Å²) in [6.45, 7) is 5.81. The van der Waals surface area contributed by atoms with Gasteiger partial charge in [0, 0.05) is 6.54 Å². The topological polar surface area (TPSA) is 62.1 Å². The molecule has 0 aromatic heterocycles. The second-order valence-corrected chi connectivity index (χ2v) is 2.67. The van der Waals surface area contributed by atoms with E-state index in [-0.39, 0.29) is 17.2 Å². The molecule has 0 fully saturated rings. The Morgan fingerprint density at radius 1 is 1.79 bits per heavy atom. The van der Waals surface area contributed by atoms with Crippen molar-refractivity contribution >= 4 is 18.6 Å². The zero-order chi connectivity index (χ0) is 11.0. The first-order chi connectivity index (χ1) is 6.67. The minimum Gasteiger partial charge on any atom is -0.462 e. The highest BCUT2D eigenvalue weighted by atomic mass is 32.1. The van der Waals surface area contributed by atoms with Crippen molar-refractivity contribution in [3.63, 3.8) is 0 Å². The fraction of sp³-hybridized carbons (Fsp3) is 0.333. The zero-order valence-corrected chi connectivity index (χ0v) is 8.80. The lowest BCUT2D eigenvalue weighted by Crippen LogP contribution is -2.16. The van der Waals surface area contributed by atoms with Gasteiger partial charge >= 0.3 is 5.97 Å². The summed E-state index contributed by atoms with van der Waals surface area (Å²) in [6, 6.07) is 1.73. The quantitative estimate of drug-likeness (QED) is 0.234. The van der Waals surface area contributed by atoms with Gasteiger partial charge in [0.25, 0.3) is 0 Å². The summed E-state index contributed by atoms with van der Waals surface area (Å²) >= 11 is 3.97. The molecule has 0 amide bonds. The van der Waals surface area contributed by atoms with Crippen molar-refractivity contribution in [2.24, 2.45) is 0 Å². The Labute approximate surface area is 88.7 Å². The summed E-state index contributed by atoms with van der Waals surface area (Å²) in [5.41, 5.74) is -0.128. The molecule has 0 aliphatic carbocycles. The molecule has 14 heavy (non-hydrogen) atoms. The van der Waals surface area contributed by atoms with Crippen molar-refractivity contribution in [3.8, 4) is 6.07 Å². The third-order valence-corrected chi connectivity index (χ3v) is 1.62. The molecule has 1 N–H and O–H groups in total. The van der Waals surface area contributed by atoms with Gasteiger partial charge in [-0.05, 0) is 6.92 Å². The van der Waals surface area contributed by atoms with Crippen LogP contribution in [0.4, 0.5) is 0 Å². The smallest absolute Gasteiger partial charge is 0.351 e. The molecular weight excluding hydrogens is 200 g/mol.